The Morgan fingerprint density at radius 1 is 1.11 bits per heavy atom. The lowest BCUT2D eigenvalue weighted by Gasteiger charge is -2.21. The number of nitrogens with one attached hydrogen (secondary N) is 1. The van der Waals surface area contributed by atoms with Gasteiger partial charge in [0, 0.05) is 19.3 Å². The third kappa shape index (κ3) is 5.69. The van der Waals surface area contributed by atoms with Crippen molar-refractivity contribution in [2.45, 2.75) is 25.3 Å². The van der Waals surface area contributed by atoms with Crippen LogP contribution in [0.5, 0.6) is 0 Å². The van der Waals surface area contributed by atoms with Crippen LogP contribution < -0.4 is 15.6 Å². The summed E-state index contributed by atoms with van der Waals surface area (Å²) in [5.41, 5.74) is -2.79. The molecule has 3 rings (SSSR count). The molecule has 0 fully saturated rings. The average Bonchev–Trinajstić information content (AvgIpc) is 2.72. The second-order valence-electron chi connectivity index (χ2n) is 7.59. The summed E-state index contributed by atoms with van der Waals surface area (Å²) < 4.78 is 106. The molecule has 2 heterocycles. The third-order valence-corrected chi connectivity index (χ3v) is 4.90. The van der Waals surface area contributed by atoms with E-state index in [0.29, 0.717) is 24.1 Å². The molecule has 1 unspecified atom stereocenters. The monoisotopic (exact) mass is 508 g/mol. The summed E-state index contributed by atoms with van der Waals surface area (Å²) in [4.78, 5) is 30.1. The Labute approximate surface area is 191 Å². The molecule has 188 valence electrons. The number of anilines is 1. The molecule has 0 aliphatic rings. The van der Waals surface area contributed by atoms with Crippen LogP contribution in [0.4, 0.5) is 40.9 Å². The van der Waals surface area contributed by atoms with E-state index in [4.69, 9.17) is 0 Å². The highest BCUT2D eigenvalue weighted by Gasteiger charge is 2.37. The van der Waals surface area contributed by atoms with Gasteiger partial charge in [-0.1, -0.05) is 0 Å². The molecule has 35 heavy (non-hydrogen) atoms. The zero-order valence-corrected chi connectivity index (χ0v) is 17.9. The van der Waals surface area contributed by atoms with Crippen molar-refractivity contribution in [2.75, 3.05) is 18.5 Å². The molecule has 0 saturated heterocycles. The Bertz CT molecular complexity index is 1330. The minimum atomic E-state index is -4.83. The maximum Gasteiger partial charge on any atom is 0.408 e. The van der Waals surface area contributed by atoms with Crippen molar-refractivity contribution in [3.63, 3.8) is 0 Å². The van der Waals surface area contributed by atoms with Crippen LogP contribution in [0.3, 0.4) is 0 Å². The first-order valence-electron chi connectivity index (χ1n) is 9.76. The number of fused-ring (bicyclic) bond motifs is 1. The van der Waals surface area contributed by atoms with Crippen molar-refractivity contribution < 1.29 is 39.9 Å². The second kappa shape index (κ2) is 9.15. The van der Waals surface area contributed by atoms with Gasteiger partial charge in [0.25, 0.3) is 5.91 Å². The maximum absolute atomic E-state index is 14.6. The quantitative estimate of drug-likeness (QED) is 0.521. The highest BCUT2D eigenvalue weighted by Crippen LogP contribution is 2.25. The fraction of sp³-hybridized carbons (Fsp3) is 0.286. The molecule has 0 aliphatic carbocycles. The van der Waals surface area contributed by atoms with Crippen LogP contribution >= 0.6 is 0 Å². The van der Waals surface area contributed by atoms with Crippen molar-refractivity contribution in [1.82, 2.24) is 14.9 Å². The lowest BCUT2D eigenvalue weighted by atomic mass is 10.1. The fourth-order valence-electron chi connectivity index (χ4n) is 3.13. The van der Waals surface area contributed by atoms with Crippen molar-refractivity contribution in [3.8, 4) is 5.69 Å². The molecule has 1 aromatic carbocycles. The topological polar surface area (TPSA) is 67.2 Å². The SMILES string of the molecule is CC(NC(=O)c1cn(-c2ccc(F)cc2F)c2nc(N(C)CC(F)(F)F)ccc2c1=O)C(F)(F)F. The molecule has 0 bridgehead atoms. The molecule has 1 atom stereocenters. The number of halogens is 8. The second-order valence-corrected chi connectivity index (χ2v) is 7.59. The van der Waals surface area contributed by atoms with Gasteiger partial charge in [0.1, 0.15) is 35.6 Å². The molecule has 0 saturated carbocycles. The van der Waals surface area contributed by atoms with E-state index in [1.807, 2.05) is 0 Å². The largest absolute Gasteiger partial charge is 0.408 e. The Hall–Kier alpha value is -3.71. The molecule has 2 aromatic heterocycles. The number of carbonyl (C=O) groups is 1. The first-order chi connectivity index (χ1) is 16.1. The van der Waals surface area contributed by atoms with Gasteiger partial charge in [0.2, 0.25) is 5.43 Å². The van der Waals surface area contributed by atoms with Crippen molar-refractivity contribution >= 4 is 22.8 Å². The molecular formula is C21H16F8N4O2. The number of alkyl halides is 6. The van der Waals surface area contributed by atoms with Gasteiger partial charge in [-0.2, -0.15) is 26.3 Å². The Balaban J connectivity index is 2.25. The van der Waals surface area contributed by atoms with Crippen molar-refractivity contribution in [3.05, 3.63) is 63.9 Å². The van der Waals surface area contributed by atoms with Gasteiger partial charge >= 0.3 is 12.4 Å². The maximum atomic E-state index is 14.6. The summed E-state index contributed by atoms with van der Waals surface area (Å²) in [6.45, 7) is -0.780. The predicted octanol–water partition coefficient (Wildman–Crippen LogP) is 4.34. The highest BCUT2D eigenvalue weighted by molar-refractivity contribution is 5.97. The fourth-order valence-corrected chi connectivity index (χ4v) is 3.13. The van der Waals surface area contributed by atoms with E-state index in [1.165, 1.54) is 0 Å². The molecular weight excluding hydrogens is 492 g/mol. The molecule has 1 N–H and O–H groups in total. The summed E-state index contributed by atoms with van der Waals surface area (Å²) >= 11 is 0. The van der Waals surface area contributed by atoms with Crippen LogP contribution in [0.2, 0.25) is 0 Å². The molecule has 1 amide bonds. The lowest BCUT2D eigenvalue weighted by Crippen LogP contribution is -2.44. The number of hydrogen-bond acceptors (Lipinski definition) is 4. The standard InChI is InChI=1S/C21H16F8N4O2/c1-10(21(27,28)29)30-19(35)13-8-33(15-5-3-11(22)7-14(15)23)18-12(17(13)34)4-6-16(31-18)32(2)9-20(24,25)26/h3-8,10H,9H2,1-2H3,(H,30,35). The Morgan fingerprint density at radius 2 is 1.77 bits per heavy atom. The van der Waals surface area contributed by atoms with Gasteiger partial charge in [-0.05, 0) is 31.2 Å². The van der Waals surface area contributed by atoms with Crippen LogP contribution in [-0.2, 0) is 0 Å². The number of carbonyl (C=O) groups excluding carboxylic acids is 1. The van der Waals surface area contributed by atoms with E-state index in [1.54, 1.807) is 5.32 Å². The van der Waals surface area contributed by atoms with E-state index in [2.05, 4.69) is 4.98 Å². The summed E-state index contributed by atoms with van der Waals surface area (Å²) in [5, 5.41) is 1.22. The van der Waals surface area contributed by atoms with E-state index >= 15 is 0 Å². The van der Waals surface area contributed by atoms with Gasteiger partial charge in [-0.25, -0.2) is 13.8 Å². The summed E-state index contributed by atoms with van der Waals surface area (Å²) in [7, 11) is 1.06. The summed E-state index contributed by atoms with van der Waals surface area (Å²) in [6, 6.07) is 1.90. The van der Waals surface area contributed by atoms with E-state index in [9.17, 15) is 44.7 Å². The average molecular weight is 508 g/mol. The first-order valence-corrected chi connectivity index (χ1v) is 9.76. The first kappa shape index (κ1) is 25.9. The van der Waals surface area contributed by atoms with Crippen molar-refractivity contribution in [1.29, 1.82) is 0 Å². The highest BCUT2D eigenvalue weighted by atomic mass is 19.4. The minimum absolute atomic E-state index is 0.284. The van der Waals surface area contributed by atoms with Crippen LogP contribution in [0.15, 0.2) is 41.3 Å². The van der Waals surface area contributed by atoms with Gasteiger partial charge < -0.3 is 10.2 Å². The zero-order valence-electron chi connectivity index (χ0n) is 17.9. The number of rotatable bonds is 5. The number of nitrogens with zero attached hydrogens (tertiary/aromatic N) is 3. The Kier molecular flexibility index (Phi) is 6.77. The van der Waals surface area contributed by atoms with E-state index in [-0.39, 0.29) is 5.82 Å². The predicted molar refractivity (Wildman–Crippen MR) is 110 cm³/mol. The van der Waals surface area contributed by atoms with Gasteiger partial charge in [-0.15, -0.1) is 0 Å². The van der Waals surface area contributed by atoms with Crippen LogP contribution in [0, 0.1) is 11.6 Å². The normalized spacial score (nSPS) is 13.1. The molecule has 6 nitrogen and oxygen atoms in total. The molecule has 14 heteroatoms. The zero-order chi connectivity index (χ0) is 26.3. The van der Waals surface area contributed by atoms with Gasteiger partial charge in [-0.3, -0.25) is 14.2 Å². The van der Waals surface area contributed by atoms with E-state index < -0.39 is 70.2 Å². The van der Waals surface area contributed by atoms with Crippen LogP contribution in [0.25, 0.3) is 16.7 Å². The minimum Gasteiger partial charge on any atom is -0.351 e. The Morgan fingerprint density at radius 3 is 2.34 bits per heavy atom. The van der Waals surface area contributed by atoms with Crippen LogP contribution in [0.1, 0.15) is 17.3 Å². The number of aromatic nitrogens is 2. The third-order valence-electron chi connectivity index (χ3n) is 4.90. The molecule has 0 radical (unpaired) electrons. The van der Waals surface area contributed by atoms with Crippen LogP contribution in [-0.4, -0.2) is 47.4 Å². The van der Waals surface area contributed by atoms with E-state index in [0.717, 1.165) is 35.9 Å². The molecule has 3 aromatic rings. The lowest BCUT2D eigenvalue weighted by molar-refractivity contribution is -0.149. The summed E-state index contributed by atoms with van der Waals surface area (Å²) in [5.74, 6) is -3.89. The van der Waals surface area contributed by atoms with Gasteiger partial charge in [0.15, 0.2) is 5.65 Å². The molecule has 0 spiro atoms. The van der Waals surface area contributed by atoms with Crippen molar-refractivity contribution in [2.24, 2.45) is 0 Å². The molecule has 0 aliphatic heterocycles. The number of amides is 1. The number of pyridine rings is 2. The number of benzene rings is 1. The van der Waals surface area contributed by atoms with Gasteiger partial charge in [0.05, 0.1) is 11.1 Å². The summed E-state index contributed by atoms with van der Waals surface area (Å²) in [6.07, 6.45) is -8.74. The number of hydrogen-bond donors (Lipinski definition) is 1. The smallest absolute Gasteiger partial charge is 0.351 e.